The Morgan fingerprint density at radius 3 is 2.42 bits per heavy atom. The van der Waals surface area contributed by atoms with Gasteiger partial charge in [-0.1, -0.05) is 29.8 Å². The summed E-state index contributed by atoms with van der Waals surface area (Å²) in [6.45, 7) is 7.72. The molecule has 0 bridgehead atoms. The molecule has 1 N–H and O–H groups in total. The van der Waals surface area contributed by atoms with Crippen molar-refractivity contribution in [2.24, 2.45) is 4.40 Å². The lowest BCUT2D eigenvalue weighted by Gasteiger charge is -2.33. The monoisotopic (exact) mass is 441 g/mol. The fourth-order valence-electron chi connectivity index (χ4n) is 4.04. The minimum atomic E-state index is -3.72. The number of nitrogens with one attached hydrogen (secondary N) is 1. The zero-order valence-electron chi connectivity index (χ0n) is 18.0. The van der Waals surface area contributed by atoms with Crippen LogP contribution in [0.3, 0.4) is 0 Å². The number of aryl methyl sites for hydroxylation is 2. The maximum absolute atomic E-state index is 12.8. The van der Waals surface area contributed by atoms with Gasteiger partial charge in [-0.25, -0.2) is 0 Å². The number of rotatable bonds is 4. The highest BCUT2D eigenvalue weighted by atomic mass is 32.2. The van der Waals surface area contributed by atoms with Crippen molar-refractivity contribution in [1.82, 2.24) is 20.0 Å². The summed E-state index contributed by atoms with van der Waals surface area (Å²) in [4.78, 5) is 14.7. The van der Waals surface area contributed by atoms with E-state index in [-0.39, 0.29) is 16.9 Å². The molecule has 0 spiro atoms. The van der Waals surface area contributed by atoms with Crippen LogP contribution in [0.4, 0.5) is 0 Å². The van der Waals surface area contributed by atoms with Gasteiger partial charge in [0.15, 0.2) is 0 Å². The number of carbonyl (C=O) groups excluding carboxylic acids is 1. The Morgan fingerprint density at radius 2 is 1.81 bits per heavy atom. The first kappa shape index (κ1) is 21.3. The smallest absolute Gasteiger partial charge is 0.285 e. The molecule has 3 heterocycles. The summed E-state index contributed by atoms with van der Waals surface area (Å²) in [7, 11) is -3.72. The van der Waals surface area contributed by atoms with Gasteiger partial charge >= 0.3 is 0 Å². The number of nitrogens with zero attached hydrogens (tertiary/aromatic N) is 4. The first-order chi connectivity index (χ1) is 14.8. The minimum absolute atomic E-state index is 0.0231. The minimum Gasteiger partial charge on any atom is -0.356 e. The van der Waals surface area contributed by atoms with Crippen molar-refractivity contribution in [2.75, 3.05) is 13.1 Å². The van der Waals surface area contributed by atoms with Gasteiger partial charge in [0.05, 0.1) is 0 Å². The van der Waals surface area contributed by atoms with E-state index < -0.39 is 10.0 Å². The molecule has 31 heavy (non-hydrogen) atoms. The molecule has 2 aliphatic heterocycles. The second kappa shape index (κ2) is 8.30. The number of benzene rings is 1. The second-order valence-electron chi connectivity index (χ2n) is 8.00. The normalized spacial score (nSPS) is 18.9. The van der Waals surface area contributed by atoms with E-state index in [1.807, 2.05) is 49.9 Å². The molecule has 4 rings (SSSR count). The Hall–Kier alpha value is -2.94. The molecule has 1 aromatic heterocycles. The Bertz CT molecular complexity index is 1150. The number of likely N-dealkylation sites (tertiary alicyclic amines) is 1. The van der Waals surface area contributed by atoms with Crippen molar-refractivity contribution < 1.29 is 13.2 Å². The van der Waals surface area contributed by atoms with Crippen molar-refractivity contribution in [3.05, 3.63) is 58.9 Å². The van der Waals surface area contributed by atoms with E-state index in [4.69, 9.17) is 0 Å². The molecule has 0 unspecified atom stereocenters. The number of hydrogen-bond donors (Lipinski definition) is 1. The standard InChI is InChI=1S/C22H27N5O3S/c1-4-27-14-11-19(24-27)22(28)23-18-9-12-26(13-10-18)21-16(3)20(31(29,30)25-21)17-7-5-15(2)6-8-17/h5-8,11,14,18H,4,9-10,12-13H2,1-3H3,(H,23,28). The highest BCUT2D eigenvalue weighted by Crippen LogP contribution is 2.34. The summed E-state index contributed by atoms with van der Waals surface area (Å²) in [5.74, 6) is 0.339. The zero-order chi connectivity index (χ0) is 22.2. The molecule has 0 aliphatic carbocycles. The number of sulfonamides is 1. The number of amidine groups is 1. The summed E-state index contributed by atoms with van der Waals surface area (Å²) in [6.07, 6.45) is 3.22. The van der Waals surface area contributed by atoms with Crippen molar-refractivity contribution >= 4 is 26.7 Å². The highest BCUT2D eigenvalue weighted by molar-refractivity contribution is 8.00. The predicted octanol–water partition coefficient (Wildman–Crippen LogP) is 2.58. The van der Waals surface area contributed by atoms with Gasteiger partial charge in [0.2, 0.25) is 0 Å². The first-order valence-electron chi connectivity index (χ1n) is 10.5. The highest BCUT2D eigenvalue weighted by Gasteiger charge is 2.35. The first-order valence-corrected chi connectivity index (χ1v) is 11.9. The Balaban J connectivity index is 1.43. The average molecular weight is 442 g/mol. The fourth-order valence-corrected chi connectivity index (χ4v) is 5.53. The van der Waals surface area contributed by atoms with Crippen LogP contribution in [0.25, 0.3) is 4.91 Å². The largest absolute Gasteiger partial charge is 0.356 e. The van der Waals surface area contributed by atoms with Gasteiger partial charge in [0.1, 0.15) is 16.4 Å². The SMILES string of the molecule is CCn1ccc(C(=O)NC2CCN(C3=NS(=O)(=O)C(c4ccc(C)cc4)=C3C)CC2)n1. The van der Waals surface area contributed by atoms with Crippen LogP contribution < -0.4 is 5.32 Å². The van der Waals surface area contributed by atoms with Crippen LogP contribution >= 0.6 is 0 Å². The van der Waals surface area contributed by atoms with Crippen LogP contribution in [0.1, 0.15) is 48.3 Å². The zero-order valence-corrected chi connectivity index (χ0v) is 18.8. The lowest BCUT2D eigenvalue weighted by atomic mass is 10.0. The van der Waals surface area contributed by atoms with E-state index in [9.17, 15) is 13.2 Å². The van der Waals surface area contributed by atoms with E-state index in [0.717, 1.165) is 5.56 Å². The van der Waals surface area contributed by atoms with E-state index in [1.54, 1.807) is 16.9 Å². The number of hydrogen-bond acceptors (Lipinski definition) is 5. The Labute approximate surface area is 182 Å². The van der Waals surface area contributed by atoms with Crippen LogP contribution in [0.5, 0.6) is 0 Å². The molecule has 2 aliphatic rings. The van der Waals surface area contributed by atoms with E-state index >= 15 is 0 Å². The summed E-state index contributed by atoms with van der Waals surface area (Å²) in [6, 6.07) is 9.20. The summed E-state index contributed by atoms with van der Waals surface area (Å²) >= 11 is 0. The maximum Gasteiger partial charge on any atom is 0.285 e. The summed E-state index contributed by atoms with van der Waals surface area (Å²) in [5, 5.41) is 7.28. The third-order valence-electron chi connectivity index (χ3n) is 5.78. The third kappa shape index (κ3) is 4.27. The molecule has 1 aromatic carbocycles. The van der Waals surface area contributed by atoms with E-state index in [1.165, 1.54) is 0 Å². The van der Waals surface area contributed by atoms with E-state index in [0.29, 0.717) is 55.1 Å². The number of piperidine rings is 1. The summed E-state index contributed by atoms with van der Waals surface area (Å²) in [5.41, 5.74) is 2.83. The molecule has 2 aromatic rings. The van der Waals surface area contributed by atoms with Crippen LogP contribution in [0.15, 0.2) is 46.5 Å². The van der Waals surface area contributed by atoms with Gasteiger partial charge in [0, 0.05) is 37.4 Å². The second-order valence-corrected chi connectivity index (χ2v) is 9.54. The van der Waals surface area contributed by atoms with Crippen molar-refractivity contribution in [3.8, 4) is 0 Å². The molecule has 0 radical (unpaired) electrons. The van der Waals surface area contributed by atoms with Gasteiger partial charge in [-0.3, -0.25) is 9.48 Å². The van der Waals surface area contributed by atoms with Crippen molar-refractivity contribution in [1.29, 1.82) is 0 Å². The van der Waals surface area contributed by atoms with Gasteiger partial charge in [-0.05, 0) is 45.2 Å². The molecular weight excluding hydrogens is 414 g/mol. The lowest BCUT2D eigenvalue weighted by Crippen LogP contribution is -2.46. The fraction of sp³-hybridized carbons (Fsp3) is 0.409. The lowest BCUT2D eigenvalue weighted by molar-refractivity contribution is 0.0916. The number of aromatic nitrogens is 2. The Morgan fingerprint density at radius 1 is 1.13 bits per heavy atom. The molecule has 8 nitrogen and oxygen atoms in total. The molecule has 0 atom stereocenters. The van der Waals surface area contributed by atoms with Crippen LogP contribution in [-0.2, 0) is 16.6 Å². The molecule has 1 saturated heterocycles. The average Bonchev–Trinajstić information content (AvgIpc) is 3.32. The molecular formula is C22H27N5O3S. The third-order valence-corrected chi connectivity index (χ3v) is 7.25. The molecule has 164 valence electrons. The summed E-state index contributed by atoms with van der Waals surface area (Å²) < 4.78 is 31.3. The predicted molar refractivity (Wildman–Crippen MR) is 120 cm³/mol. The van der Waals surface area contributed by atoms with Gasteiger partial charge in [0.25, 0.3) is 15.9 Å². The van der Waals surface area contributed by atoms with Crippen molar-refractivity contribution in [3.63, 3.8) is 0 Å². The molecule has 1 amide bonds. The molecule has 0 saturated carbocycles. The Kier molecular flexibility index (Phi) is 5.70. The van der Waals surface area contributed by atoms with Crippen molar-refractivity contribution in [2.45, 2.75) is 46.2 Å². The van der Waals surface area contributed by atoms with E-state index in [2.05, 4.69) is 14.8 Å². The van der Waals surface area contributed by atoms with Crippen LogP contribution in [0, 0.1) is 6.92 Å². The topological polar surface area (TPSA) is 96.7 Å². The van der Waals surface area contributed by atoms with Gasteiger partial charge < -0.3 is 10.2 Å². The quantitative estimate of drug-likeness (QED) is 0.787. The maximum atomic E-state index is 12.8. The molecule has 1 fully saturated rings. The van der Waals surface area contributed by atoms with Crippen LogP contribution in [-0.4, -0.2) is 54.0 Å². The van der Waals surface area contributed by atoms with Gasteiger partial charge in [-0.2, -0.15) is 13.5 Å². The van der Waals surface area contributed by atoms with Crippen LogP contribution in [0.2, 0.25) is 0 Å². The number of carbonyl (C=O) groups is 1. The molecule has 9 heteroatoms. The van der Waals surface area contributed by atoms with Gasteiger partial charge in [-0.15, -0.1) is 4.40 Å². The number of amides is 1.